The van der Waals surface area contributed by atoms with Crippen LogP contribution in [0, 0.1) is 6.92 Å². The van der Waals surface area contributed by atoms with Crippen molar-refractivity contribution in [1.29, 1.82) is 0 Å². The van der Waals surface area contributed by atoms with Gasteiger partial charge in [0.2, 0.25) is 0 Å². The van der Waals surface area contributed by atoms with Crippen LogP contribution in [0.3, 0.4) is 0 Å². The molecule has 0 atom stereocenters. The fourth-order valence-corrected chi connectivity index (χ4v) is 2.43. The highest BCUT2D eigenvalue weighted by Crippen LogP contribution is 2.19. The fourth-order valence-electron chi connectivity index (χ4n) is 2.43. The zero-order chi connectivity index (χ0) is 19.9. The Kier molecular flexibility index (Phi) is 6.22. The van der Waals surface area contributed by atoms with Crippen molar-refractivity contribution in [3.63, 3.8) is 0 Å². The van der Waals surface area contributed by atoms with E-state index < -0.39 is 11.9 Å². The molecule has 0 bridgehead atoms. The first-order valence-corrected chi connectivity index (χ1v) is 9.12. The molecule has 2 aromatic carbocycles. The van der Waals surface area contributed by atoms with Crippen molar-refractivity contribution >= 4 is 29.5 Å². The number of hydrogen-bond donors (Lipinski definition) is 2. The Hall–Kier alpha value is -3.41. The first-order valence-electron chi connectivity index (χ1n) is 9.12. The van der Waals surface area contributed by atoms with Crippen molar-refractivity contribution in [1.82, 2.24) is 5.32 Å². The van der Waals surface area contributed by atoms with Gasteiger partial charge in [0.25, 0.3) is 11.8 Å². The van der Waals surface area contributed by atoms with Gasteiger partial charge >= 0.3 is 5.97 Å². The van der Waals surface area contributed by atoms with E-state index in [4.69, 9.17) is 4.74 Å². The molecule has 28 heavy (non-hydrogen) atoms. The number of aryl methyl sites for hydroxylation is 1. The molecule has 3 rings (SSSR count). The number of esters is 1. The number of hydrogen-bond acceptors (Lipinski definition) is 4. The average Bonchev–Trinajstić information content (AvgIpc) is 3.51. The molecule has 1 aliphatic rings. The van der Waals surface area contributed by atoms with Crippen molar-refractivity contribution in [2.24, 2.45) is 0 Å². The number of ether oxygens (including phenoxy) is 1. The summed E-state index contributed by atoms with van der Waals surface area (Å²) in [7, 11) is 0. The topological polar surface area (TPSA) is 84.5 Å². The van der Waals surface area contributed by atoms with E-state index in [1.165, 1.54) is 6.08 Å². The predicted octanol–water partition coefficient (Wildman–Crippen LogP) is 3.08. The minimum Gasteiger partial charge on any atom is -0.452 e. The number of nitrogens with one attached hydrogen (secondary N) is 2. The molecule has 0 spiro atoms. The van der Waals surface area contributed by atoms with Crippen molar-refractivity contribution in [2.75, 3.05) is 11.9 Å². The number of amides is 2. The van der Waals surface area contributed by atoms with E-state index in [2.05, 4.69) is 10.6 Å². The number of carbonyl (C=O) groups excluding carboxylic acids is 3. The molecular weight excluding hydrogens is 356 g/mol. The summed E-state index contributed by atoms with van der Waals surface area (Å²) in [5.41, 5.74) is 3.07. The van der Waals surface area contributed by atoms with E-state index in [0.717, 1.165) is 24.0 Å². The molecule has 2 N–H and O–H groups in total. The van der Waals surface area contributed by atoms with Crippen LogP contribution in [0.25, 0.3) is 6.08 Å². The Morgan fingerprint density at radius 3 is 2.36 bits per heavy atom. The molecule has 0 saturated heterocycles. The smallest absolute Gasteiger partial charge is 0.331 e. The molecule has 0 aliphatic heterocycles. The number of benzene rings is 2. The Labute approximate surface area is 163 Å². The number of rotatable bonds is 7. The van der Waals surface area contributed by atoms with Crippen LogP contribution in [0.15, 0.2) is 54.6 Å². The van der Waals surface area contributed by atoms with Crippen LogP contribution >= 0.6 is 0 Å². The molecule has 0 heterocycles. The summed E-state index contributed by atoms with van der Waals surface area (Å²) in [4.78, 5) is 35.5. The summed E-state index contributed by atoms with van der Waals surface area (Å²) in [5, 5.41) is 5.57. The van der Waals surface area contributed by atoms with E-state index in [0.29, 0.717) is 17.3 Å². The molecule has 6 heteroatoms. The van der Waals surface area contributed by atoms with Crippen LogP contribution in [0.4, 0.5) is 5.69 Å². The lowest BCUT2D eigenvalue weighted by molar-refractivity contribution is -0.142. The Morgan fingerprint density at radius 2 is 1.71 bits per heavy atom. The lowest BCUT2D eigenvalue weighted by atomic mass is 10.1. The van der Waals surface area contributed by atoms with Crippen LogP contribution in [-0.2, 0) is 14.3 Å². The van der Waals surface area contributed by atoms with Gasteiger partial charge in [-0.05, 0) is 55.7 Å². The molecule has 2 amide bonds. The Balaban J connectivity index is 1.43. The van der Waals surface area contributed by atoms with E-state index >= 15 is 0 Å². The van der Waals surface area contributed by atoms with Gasteiger partial charge in [0.1, 0.15) is 0 Å². The van der Waals surface area contributed by atoms with Gasteiger partial charge in [0.05, 0.1) is 0 Å². The quantitative estimate of drug-likeness (QED) is 0.573. The molecule has 144 valence electrons. The highest BCUT2D eigenvalue weighted by atomic mass is 16.5. The maximum Gasteiger partial charge on any atom is 0.331 e. The molecular formula is C22H22N2O4. The standard InChI is InChI=1S/C22H22N2O4/c1-15-2-9-18(10-3-15)23-20(25)14-28-21(26)13-6-16-4-7-17(8-5-16)22(27)24-19-11-12-19/h2-10,13,19H,11-12,14H2,1H3,(H,23,25)(H,24,27)/b13-6+. The molecule has 1 aliphatic carbocycles. The minimum atomic E-state index is -0.616. The van der Waals surface area contributed by atoms with Gasteiger partial charge in [-0.3, -0.25) is 9.59 Å². The average molecular weight is 378 g/mol. The molecule has 6 nitrogen and oxygen atoms in total. The number of anilines is 1. The normalized spacial score (nSPS) is 13.2. The Bertz CT molecular complexity index is 882. The lowest BCUT2D eigenvalue weighted by Crippen LogP contribution is -2.25. The summed E-state index contributed by atoms with van der Waals surface area (Å²) >= 11 is 0. The van der Waals surface area contributed by atoms with Gasteiger partial charge in [0.15, 0.2) is 6.61 Å². The first-order chi connectivity index (χ1) is 13.5. The van der Waals surface area contributed by atoms with Crippen LogP contribution in [-0.4, -0.2) is 30.4 Å². The van der Waals surface area contributed by atoms with Crippen LogP contribution in [0.1, 0.15) is 34.3 Å². The molecule has 1 saturated carbocycles. The summed E-state index contributed by atoms with van der Waals surface area (Å²) in [5.74, 6) is -1.11. The summed E-state index contributed by atoms with van der Waals surface area (Å²) in [6.45, 7) is 1.59. The highest BCUT2D eigenvalue weighted by molar-refractivity contribution is 5.96. The van der Waals surface area contributed by atoms with E-state index in [1.54, 1.807) is 42.5 Å². The van der Waals surface area contributed by atoms with Gasteiger partial charge in [-0.2, -0.15) is 0 Å². The highest BCUT2D eigenvalue weighted by Gasteiger charge is 2.23. The molecule has 1 fully saturated rings. The molecule has 0 unspecified atom stereocenters. The second-order valence-corrected chi connectivity index (χ2v) is 6.72. The van der Waals surface area contributed by atoms with Crippen LogP contribution in [0.5, 0.6) is 0 Å². The summed E-state index contributed by atoms with van der Waals surface area (Å²) in [6.07, 6.45) is 4.90. The van der Waals surface area contributed by atoms with Gasteiger partial charge in [0, 0.05) is 23.4 Å². The minimum absolute atomic E-state index is 0.0861. The van der Waals surface area contributed by atoms with Gasteiger partial charge in [-0.25, -0.2) is 4.79 Å². The predicted molar refractivity (Wildman–Crippen MR) is 107 cm³/mol. The first kappa shape index (κ1) is 19.4. The van der Waals surface area contributed by atoms with Crippen molar-refractivity contribution in [3.05, 3.63) is 71.3 Å². The largest absolute Gasteiger partial charge is 0.452 e. The zero-order valence-electron chi connectivity index (χ0n) is 15.6. The third-order valence-corrected chi connectivity index (χ3v) is 4.18. The van der Waals surface area contributed by atoms with Gasteiger partial charge in [-0.1, -0.05) is 29.8 Å². The van der Waals surface area contributed by atoms with Crippen LogP contribution < -0.4 is 10.6 Å². The molecule has 0 aromatic heterocycles. The van der Waals surface area contributed by atoms with Gasteiger partial charge < -0.3 is 15.4 Å². The third-order valence-electron chi connectivity index (χ3n) is 4.18. The lowest BCUT2D eigenvalue weighted by Gasteiger charge is -2.05. The third kappa shape index (κ3) is 6.09. The van der Waals surface area contributed by atoms with E-state index in [9.17, 15) is 14.4 Å². The van der Waals surface area contributed by atoms with Crippen LogP contribution in [0.2, 0.25) is 0 Å². The fraction of sp³-hybridized carbons (Fsp3) is 0.227. The molecule has 0 radical (unpaired) electrons. The van der Waals surface area contributed by atoms with E-state index in [1.807, 2.05) is 19.1 Å². The maximum atomic E-state index is 11.9. The number of carbonyl (C=O) groups is 3. The van der Waals surface area contributed by atoms with Crippen molar-refractivity contribution in [2.45, 2.75) is 25.8 Å². The summed E-state index contributed by atoms with van der Waals surface area (Å²) < 4.78 is 4.93. The summed E-state index contributed by atoms with van der Waals surface area (Å²) in [6, 6.07) is 14.5. The van der Waals surface area contributed by atoms with E-state index in [-0.39, 0.29) is 12.5 Å². The van der Waals surface area contributed by atoms with Crippen molar-refractivity contribution < 1.29 is 19.1 Å². The second-order valence-electron chi connectivity index (χ2n) is 6.72. The SMILES string of the molecule is Cc1ccc(NC(=O)COC(=O)/C=C/c2ccc(C(=O)NC3CC3)cc2)cc1. The van der Waals surface area contributed by atoms with Gasteiger partial charge in [-0.15, -0.1) is 0 Å². The monoisotopic (exact) mass is 378 g/mol. The maximum absolute atomic E-state index is 11.9. The zero-order valence-corrected chi connectivity index (χ0v) is 15.6. The molecule has 2 aromatic rings. The Morgan fingerprint density at radius 1 is 1.04 bits per heavy atom. The second kappa shape index (κ2) is 8.99. The van der Waals surface area contributed by atoms with Crippen molar-refractivity contribution in [3.8, 4) is 0 Å².